The minimum atomic E-state index is -0.546. The van der Waals surface area contributed by atoms with Crippen LogP contribution in [0, 0.1) is 5.41 Å². The molecule has 3 N–H and O–H groups in total. The lowest BCUT2D eigenvalue weighted by molar-refractivity contribution is -0.144. The molecule has 2 heterocycles. The van der Waals surface area contributed by atoms with E-state index in [0.29, 0.717) is 25.6 Å². The maximum atomic E-state index is 13.6. The predicted octanol–water partition coefficient (Wildman–Crippen LogP) is 2.12. The van der Waals surface area contributed by atoms with Crippen LogP contribution in [0.3, 0.4) is 0 Å². The van der Waals surface area contributed by atoms with Gasteiger partial charge in [0.05, 0.1) is 18.7 Å². The van der Waals surface area contributed by atoms with Gasteiger partial charge in [0, 0.05) is 19.0 Å². The van der Waals surface area contributed by atoms with Gasteiger partial charge in [0.1, 0.15) is 12.3 Å². The summed E-state index contributed by atoms with van der Waals surface area (Å²) in [6.45, 7) is 7.42. The zero-order valence-corrected chi connectivity index (χ0v) is 19.8. The van der Waals surface area contributed by atoms with Crippen molar-refractivity contribution in [1.82, 2.24) is 20.9 Å². The predicted molar refractivity (Wildman–Crippen MR) is 124 cm³/mol. The van der Waals surface area contributed by atoms with E-state index in [-0.39, 0.29) is 35.5 Å². The first-order valence-corrected chi connectivity index (χ1v) is 12.0. The van der Waals surface area contributed by atoms with Gasteiger partial charge in [0.2, 0.25) is 11.8 Å². The second-order valence-electron chi connectivity index (χ2n) is 10.2. The molecule has 32 heavy (non-hydrogen) atoms. The number of benzene rings is 1. The van der Waals surface area contributed by atoms with E-state index in [1.807, 2.05) is 4.90 Å². The van der Waals surface area contributed by atoms with Gasteiger partial charge in [-0.3, -0.25) is 9.59 Å². The molecule has 3 aliphatic rings. The molecule has 2 saturated heterocycles. The molecule has 4 rings (SSSR count). The Kier molecular flexibility index (Phi) is 6.89. The van der Waals surface area contributed by atoms with Crippen LogP contribution in [0.25, 0.3) is 0 Å². The molecule has 0 unspecified atom stereocenters. The summed E-state index contributed by atoms with van der Waals surface area (Å²) in [5.74, 6) is -0.179. The highest BCUT2D eigenvalue weighted by Gasteiger charge is 2.51. The van der Waals surface area contributed by atoms with Gasteiger partial charge in [-0.2, -0.15) is 0 Å². The Hall–Kier alpha value is -1.96. The average molecular weight is 443 g/mol. The lowest BCUT2D eigenvalue weighted by Crippen LogP contribution is -2.56. The van der Waals surface area contributed by atoms with E-state index in [2.05, 4.69) is 54.1 Å². The maximum Gasteiger partial charge on any atom is 0.247 e. The van der Waals surface area contributed by atoms with E-state index in [4.69, 9.17) is 4.74 Å². The number of likely N-dealkylation sites (N-methyl/N-ethyl adjacent to an activating group) is 1. The number of rotatable bonds is 6. The topological polar surface area (TPSA) is 82.7 Å². The summed E-state index contributed by atoms with van der Waals surface area (Å²) in [5.41, 5.74) is 2.73. The third kappa shape index (κ3) is 4.56. The molecule has 0 saturated carbocycles. The summed E-state index contributed by atoms with van der Waals surface area (Å²) in [6, 6.07) is 8.10. The van der Waals surface area contributed by atoms with Crippen molar-refractivity contribution in [2.45, 2.75) is 83.3 Å². The summed E-state index contributed by atoms with van der Waals surface area (Å²) in [5, 5.41) is 9.67. The molecule has 5 atom stereocenters. The number of fused-ring (bicyclic) bond motifs is 2. The molecule has 1 aromatic carbocycles. The van der Waals surface area contributed by atoms with Gasteiger partial charge in [0.15, 0.2) is 0 Å². The van der Waals surface area contributed by atoms with Crippen LogP contribution in [-0.4, -0.2) is 61.3 Å². The van der Waals surface area contributed by atoms with Crippen molar-refractivity contribution in [2.24, 2.45) is 5.41 Å². The Morgan fingerprint density at radius 3 is 2.81 bits per heavy atom. The summed E-state index contributed by atoms with van der Waals surface area (Å²) >= 11 is 0. The van der Waals surface area contributed by atoms with E-state index in [0.717, 1.165) is 19.3 Å². The summed E-state index contributed by atoms with van der Waals surface area (Å²) in [6.07, 6.45) is 4.50. The first kappa shape index (κ1) is 23.2. The van der Waals surface area contributed by atoms with Crippen LogP contribution in [0.15, 0.2) is 24.3 Å². The third-order valence-electron chi connectivity index (χ3n) is 7.59. The van der Waals surface area contributed by atoms with Crippen LogP contribution in [0.5, 0.6) is 0 Å². The SMILES string of the molecule is CN[C@@H](C)C(=O)N[C@H]1CCO[C@H]2CC(C)(C)[C@@H](CN[C@@H]3CCCc4ccccc43)N2C1=O. The van der Waals surface area contributed by atoms with E-state index < -0.39 is 6.04 Å². The van der Waals surface area contributed by atoms with Crippen LogP contribution in [-0.2, 0) is 20.7 Å². The largest absolute Gasteiger partial charge is 0.358 e. The van der Waals surface area contributed by atoms with Crippen molar-refractivity contribution in [2.75, 3.05) is 20.2 Å². The second kappa shape index (κ2) is 9.49. The smallest absolute Gasteiger partial charge is 0.247 e. The quantitative estimate of drug-likeness (QED) is 0.629. The van der Waals surface area contributed by atoms with Gasteiger partial charge in [0.25, 0.3) is 0 Å². The minimum absolute atomic E-state index is 0.00770. The number of nitrogens with zero attached hydrogens (tertiary/aromatic N) is 1. The normalized spacial score (nSPS) is 30.2. The van der Waals surface area contributed by atoms with Gasteiger partial charge < -0.3 is 25.6 Å². The van der Waals surface area contributed by atoms with Crippen molar-refractivity contribution in [1.29, 1.82) is 0 Å². The second-order valence-corrected chi connectivity index (χ2v) is 10.2. The fourth-order valence-electron chi connectivity index (χ4n) is 5.48. The number of amides is 2. The number of nitrogens with one attached hydrogen (secondary N) is 3. The molecule has 0 radical (unpaired) electrons. The van der Waals surface area contributed by atoms with Crippen molar-refractivity contribution < 1.29 is 14.3 Å². The standard InChI is InChI=1S/C25H38N4O3/c1-16(26-4)23(30)28-20-12-13-32-22-14-25(2,3)21(29(22)24(20)31)15-27-19-11-7-9-17-8-5-6-10-18(17)19/h5-6,8,10,16,19-22,26-27H,7,9,11-15H2,1-4H3,(H,28,30)/t16-,19+,20-,21+,22-/m0/s1. The molecule has 2 fully saturated rings. The number of ether oxygens (including phenoxy) is 1. The molecular formula is C25H38N4O3. The number of aryl methyl sites for hydroxylation is 1. The summed E-state index contributed by atoms with van der Waals surface area (Å²) < 4.78 is 6.12. The highest BCUT2D eigenvalue weighted by Crippen LogP contribution is 2.42. The molecule has 0 aromatic heterocycles. The zero-order chi connectivity index (χ0) is 22.9. The Morgan fingerprint density at radius 2 is 2.03 bits per heavy atom. The molecule has 0 spiro atoms. The van der Waals surface area contributed by atoms with Crippen molar-refractivity contribution >= 4 is 11.8 Å². The van der Waals surface area contributed by atoms with Gasteiger partial charge in [-0.25, -0.2) is 0 Å². The van der Waals surface area contributed by atoms with Gasteiger partial charge in [-0.1, -0.05) is 38.1 Å². The monoisotopic (exact) mass is 442 g/mol. The Labute approximate surface area is 191 Å². The van der Waals surface area contributed by atoms with E-state index >= 15 is 0 Å². The molecule has 0 bridgehead atoms. The molecule has 1 aliphatic carbocycles. The molecule has 1 aromatic rings. The Bertz CT molecular complexity index is 842. The fourth-order valence-corrected chi connectivity index (χ4v) is 5.48. The van der Waals surface area contributed by atoms with Crippen LogP contribution < -0.4 is 16.0 Å². The van der Waals surface area contributed by atoms with E-state index in [1.54, 1.807) is 14.0 Å². The summed E-state index contributed by atoms with van der Waals surface area (Å²) in [4.78, 5) is 28.0. The maximum absolute atomic E-state index is 13.6. The third-order valence-corrected chi connectivity index (χ3v) is 7.59. The minimum Gasteiger partial charge on any atom is -0.358 e. The van der Waals surface area contributed by atoms with E-state index in [1.165, 1.54) is 17.5 Å². The van der Waals surface area contributed by atoms with Crippen LogP contribution in [0.4, 0.5) is 0 Å². The number of hydrogen-bond donors (Lipinski definition) is 3. The lowest BCUT2D eigenvalue weighted by Gasteiger charge is -2.37. The molecule has 2 aliphatic heterocycles. The van der Waals surface area contributed by atoms with Crippen molar-refractivity contribution in [3.63, 3.8) is 0 Å². The van der Waals surface area contributed by atoms with Crippen LogP contribution >= 0.6 is 0 Å². The van der Waals surface area contributed by atoms with E-state index in [9.17, 15) is 9.59 Å². The zero-order valence-electron chi connectivity index (χ0n) is 19.8. The molecular weight excluding hydrogens is 404 g/mol. The highest BCUT2D eigenvalue weighted by atomic mass is 16.5. The lowest BCUT2D eigenvalue weighted by atomic mass is 9.83. The van der Waals surface area contributed by atoms with Crippen molar-refractivity contribution in [3.8, 4) is 0 Å². The van der Waals surface area contributed by atoms with Gasteiger partial charge in [-0.05, 0) is 56.2 Å². The molecule has 2 amide bonds. The Balaban J connectivity index is 1.50. The molecule has 7 heteroatoms. The molecule has 176 valence electrons. The van der Waals surface area contributed by atoms with Crippen LogP contribution in [0.1, 0.15) is 63.6 Å². The van der Waals surface area contributed by atoms with Crippen LogP contribution in [0.2, 0.25) is 0 Å². The first-order valence-electron chi connectivity index (χ1n) is 12.0. The highest BCUT2D eigenvalue weighted by molar-refractivity contribution is 5.90. The first-order chi connectivity index (χ1) is 15.3. The fraction of sp³-hybridized carbons (Fsp3) is 0.680. The average Bonchev–Trinajstić information content (AvgIpc) is 2.95. The number of hydrogen-bond acceptors (Lipinski definition) is 5. The van der Waals surface area contributed by atoms with Gasteiger partial charge >= 0.3 is 0 Å². The van der Waals surface area contributed by atoms with Crippen molar-refractivity contribution in [3.05, 3.63) is 35.4 Å². The van der Waals surface area contributed by atoms with Gasteiger partial charge in [-0.15, -0.1) is 0 Å². The summed E-state index contributed by atoms with van der Waals surface area (Å²) in [7, 11) is 1.74. The number of carbonyl (C=O) groups excluding carboxylic acids is 2. The molecule has 7 nitrogen and oxygen atoms in total. The number of carbonyl (C=O) groups is 2. The Morgan fingerprint density at radius 1 is 1.25 bits per heavy atom.